The zero-order chi connectivity index (χ0) is 16.1. The number of nitrogens with zero attached hydrogens (tertiary/aromatic N) is 2. The molecule has 0 radical (unpaired) electrons. The van der Waals surface area contributed by atoms with E-state index in [2.05, 4.69) is 29.3 Å². The first-order valence-corrected chi connectivity index (χ1v) is 8.49. The van der Waals surface area contributed by atoms with Gasteiger partial charge < -0.3 is 19.7 Å². The van der Waals surface area contributed by atoms with E-state index in [9.17, 15) is 0 Å². The predicted octanol–water partition coefficient (Wildman–Crippen LogP) is 2.27. The van der Waals surface area contributed by atoms with E-state index in [0.717, 1.165) is 44.6 Å². The Bertz CT molecular complexity index is 536. The van der Waals surface area contributed by atoms with Crippen molar-refractivity contribution in [3.8, 4) is 5.75 Å². The molecular weight excluding hydrogens is 290 g/mol. The van der Waals surface area contributed by atoms with Gasteiger partial charge in [-0.3, -0.25) is 0 Å². The molecule has 2 aliphatic heterocycles. The van der Waals surface area contributed by atoms with Crippen molar-refractivity contribution in [3.05, 3.63) is 29.8 Å². The molecule has 5 nitrogen and oxygen atoms in total. The maximum Gasteiger partial charge on any atom is 0.194 e. The number of methoxy groups -OCH3 is 1. The molecule has 0 bridgehead atoms. The van der Waals surface area contributed by atoms with Gasteiger partial charge >= 0.3 is 0 Å². The summed E-state index contributed by atoms with van der Waals surface area (Å²) >= 11 is 0. The first kappa shape index (κ1) is 16.1. The Balaban J connectivity index is 1.65. The molecule has 0 saturated carbocycles. The second-order valence-corrected chi connectivity index (χ2v) is 6.49. The van der Waals surface area contributed by atoms with Crippen LogP contribution in [0, 0.1) is 5.41 Å². The third-order valence-corrected chi connectivity index (χ3v) is 4.83. The van der Waals surface area contributed by atoms with Crippen LogP contribution < -0.4 is 10.1 Å². The van der Waals surface area contributed by atoms with E-state index in [1.807, 2.05) is 12.1 Å². The molecule has 0 amide bonds. The van der Waals surface area contributed by atoms with Gasteiger partial charge in [0, 0.05) is 31.7 Å². The highest BCUT2D eigenvalue weighted by Gasteiger charge is 2.42. The maximum absolute atomic E-state index is 5.62. The van der Waals surface area contributed by atoms with Gasteiger partial charge in [0.2, 0.25) is 0 Å². The molecular formula is C18H27N3O2. The van der Waals surface area contributed by atoms with Crippen molar-refractivity contribution in [3.63, 3.8) is 0 Å². The third-order valence-electron chi connectivity index (χ3n) is 4.83. The molecule has 2 aliphatic rings. The van der Waals surface area contributed by atoms with E-state index >= 15 is 0 Å². The van der Waals surface area contributed by atoms with E-state index in [1.165, 1.54) is 18.4 Å². The first-order chi connectivity index (χ1) is 11.2. The average Bonchev–Trinajstić information content (AvgIpc) is 3.22. The zero-order valence-electron chi connectivity index (χ0n) is 14.2. The molecule has 2 fully saturated rings. The van der Waals surface area contributed by atoms with Gasteiger partial charge in [-0.05, 0) is 37.5 Å². The number of benzene rings is 1. The standard InChI is InChI=1S/C18H27N3O2/c1-3-19-17(20-12-15-4-6-16(22-2)7-5-15)21-10-8-18(13-21)9-11-23-14-18/h4-7H,3,8-14H2,1-2H3,(H,19,20). The molecule has 1 aromatic rings. The van der Waals surface area contributed by atoms with Gasteiger partial charge in [-0.15, -0.1) is 0 Å². The predicted molar refractivity (Wildman–Crippen MR) is 91.9 cm³/mol. The molecule has 1 N–H and O–H groups in total. The fourth-order valence-corrected chi connectivity index (χ4v) is 3.41. The normalized spacial score (nSPS) is 24.4. The van der Waals surface area contributed by atoms with Crippen LogP contribution in [0.2, 0.25) is 0 Å². The maximum atomic E-state index is 5.62. The first-order valence-electron chi connectivity index (χ1n) is 8.49. The molecule has 2 saturated heterocycles. The number of hydrogen-bond donors (Lipinski definition) is 1. The Morgan fingerprint density at radius 3 is 2.83 bits per heavy atom. The number of rotatable bonds is 4. The number of guanidine groups is 1. The van der Waals surface area contributed by atoms with Crippen molar-refractivity contribution in [2.24, 2.45) is 10.4 Å². The Labute approximate surface area is 138 Å². The highest BCUT2D eigenvalue weighted by atomic mass is 16.5. The van der Waals surface area contributed by atoms with Gasteiger partial charge in [0.25, 0.3) is 0 Å². The Hall–Kier alpha value is -1.75. The van der Waals surface area contributed by atoms with Crippen molar-refractivity contribution in [2.45, 2.75) is 26.3 Å². The lowest BCUT2D eigenvalue weighted by Gasteiger charge is -2.25. The Morgan fingerprint density at radius 2 is 2.17 bits per heavy atom. The van der Waals surface area contributed by atoms with E-state index in [1.54, 1.807) is 7.11 Å². The molecule has 23 heavy (non-hydrogen) atoms. The van der Waals surface area contributed by atoms with Gasteiger partial charge in [0.15, 0.2) is 5.96 Å². The summed E-state index contributed by atoms with van der Waals surface area (Å²) in [5.74, 6) is 1.90. The fourth-order valence-electron chi connectivity index (χ4n) is 3.41. The lowest BCUT2D eigenvalue weighted by molar-refractivity contribution is 0.156. The lowest BCUT2D eigenvalue weighted by Crippen LogP contribution is -2.41. The van der Waals surface area contributed by atoms with Crippen molar-refractivity contribution >= 4 is 5.96 Å². The molecule has 126 valence electrons. The molecule has 1 aromatic carbocycles. The van der Waals surface area contributed by atoms with Gasteiger partial charge in [-0.1, -0.05) is 12.1 Å². The van der Waals surface area contributed by atoms with Crippen molar-refractivity contribution in [1.82, 2.24) is 10.2 Å². The van der Waals surface area contributed by atoms with Gasteiger partial charge in [-0.25, -0.2) is 4.99 Å². The fraction of sp³-hybridized carbons (Fsp3) is 0.611. The van der Waals surface area contributed by atoms with Crippen LogP contribution in [0.4, 0.5) is 0 Å². The summed E-state index contributed by atoms with van der Waals surface area (Å²) in [6.45, 7) is 7.63. The van der Waals surface area contributed by atoms with Gasteiger partial charge in [0.05, 0.1) is 20.3 Å². The lowest BCUT2D eigenvalue weighted by atomic mass is 9.87. The van der Waals surface area contributed by atoms with Crippen LogP contribution in [0.1, 0.15) is 25.3 Å². The Kier molecular flexibility index (Phi) is 5.06. The number of ether oxygens (including phenoxy) is 2. The minimum atomic E-state index is 0.357. The summed E-state index contributed by atoms with van der Waals surface area (Å²) < 4.78 is 10.8. The van der Waals surface area contributed by atoms with Crippen LogP contribution in [0.3, 0.4) is 0 Å². The van der Waals surface area contributed by atoms with Crippen LogP contribution in [0.5, 0.6) is 5.75 Å². The summed E-state index contributed by atoms with van der Waals surface area (Å²) in [5.41, 5.74) is 1.55. The summed E-state index contributed by atoms with van der Waals surface area (Å²) in [4.78, 5) is 7.22. The number of likely N-dealkylation sites (tertiary alicyclic amines) is 1. The second kappa shape index (κ2) is 7.21. The van der Waals surface area contributed by atoms with E-state index < -0.39 is 0 Å². The van der Waals surface area contributed by atoms with Crippen LogP contribution in [-0.2, 0) is 11.3 Å². The average molecular weight is 317 g/mol. The van der Waals surface area contributed by atoms with Gasteiger partial charge in [-0.2, -0.15) is 0 Å². The topological polar surface area (TPSA) is 46.1 Å². The van der Waals surface area contributed by atoms with Crippen molar-refractivity contribution in [2.75, 3.05) is 40.0 Å². The molecule has 2 heterocycles. The molecule has 0 aliphatic carbocycles. The van der Waals surface area contributed by atoms with Crippen LogP contribution in [-0.4, -0.2) is 50.8 Å². The van der Waals surface area contributed by atoms with Crippen molar-refractivity contribution in [1.29, 1.82) is 0 Å². The van der Waals surface area contributed by atoms with Crippen LogP contribution in [0.15, 0.2) is 29.3 Å². The molecule has 1 spiro atoms. The second-order valence-electron chi connectivity index (χ2n) is 6.49. The number of aliphatic imine (C=N–C) groups is 1. The summed E-state index contributed by atoms with van der Waals surface area (Å²) in [5, 5.41) is 3.43. The summed E-state index contributed by atoms with van der Waals surface area (Å²) in [6.07, 6.45) is 2.39. The highest BCUT2D eigenvalue weighted by Crippen LogP contribution is 2.38. The largest absolute Gasteiger partial charge is 0.497 e. The monoisotopic (exact) mass is 317 g/mol. The van der Waals surface area contributed by atoms with E-state index in [-0.39, 0.29) is 0 Å². The molecule has 1 unspecified atom stereocenters. The molecule has 1 atom stereocenters. The molecule has 5 heteroatoms. The van der Waals surface area contributed by atoms with Gasteiger partial charge in [0.1, 0.15) is 5.75 Å². The quantitative estimate of drug-likeness (QED) is 0.683. The SMILES string of the molecule is CCNC(=NCc1ccc(OC)cc1)N1CCC2(CCOC2)C1. The molecule has 0 aromatic heterocycles. The Morgan fingerprint density at radius 1 is 1.35 bits per heavy atom. The highest BCUT2D eigenvalue weighted by molar-refractivity contribution is 5.80. The zero-order valence-corrected chi connectivity index (χ0v) is 14.2. The minimum Gasteiger partial charge on any atom is -0.497 e. The van der Waals surface area contributed by atoms with E-state index in [0.29, 0.717) is 12.0 Å². The number of hydrogen-bond acceptors (Lipinski definition) is 3. The van der Waals surface area contributed by atoms with Crippen LogP contribution in [0.25, 0.3) is 0 Å². The summed E-state index contributed by atoms with van der Waals surface area (Å²) in [7, 11) is 1.69. The minimum absolute atomic E-state index is 0.357. The van der Waals surface area contributed by atoms with E-state index in [4.69, 9.17) is 14.5 Å². The number of nitrogens with one attached hydrogen (secondary N) is 1. The van der Waals surface area contributed by atoms with Crippen LogP contribution >= 0.6 is 0 Å². The molecule has 3 rings (SSSR count). The van der Waals surface area contributed by atoms with Crippen molar-refractivity contribution < 1.29 is 9.47 Å². The smallest absolute Gasteiger partial charge is 0.194 e. The third kappa shape index (κ3) is 3.78. The summed E-state index contributed by atoms with van der Waals surface area (Å²) in [6, 6.07) is 8.11.